The largest absolute Gasteiger partial charge is 0.461 e. The monoisotopic (exact) mass is 455 g/mol. The SMILES string of the molecule is CCOC(=O)c1noc(C2CC2)c1C(=O)c1ccc(S(C)=O)cc1Cn1nc(C)cc1C. The van der Waals surface area contributed by atoms with Gasteiger partial charge >= 0.3 is 5.97 Å². The van der Waals surface area contributed by atoms with Crippen LogP contribution in [0.15, 0.2) is 33.7 Å². The third kappa shape index (κ3) is 4.29. The second-order valence-corrected chi connectivity index (χ2v) is 9.33. The summed E-state index contributed by atoms with van der Waals surface area (Å²) >= 11 is 0. The van der Waals surface area contributed by atoms with E-state index in [0.29, 0.717) is 28.3 Å². The van der Waals surface area contributed by atoms with Gasteiger partial charge < -0.3 is 9.26 Å². The van der Waals surface area contributed by atoms with Crippen molar-refractivity contribution in [3.8, 4) is 0 Å². The highest BCUT2D eigenvalue weighted by Gasteiger charge is 2.38. The van der Waals surface area contributed by atoms with Crippen LogP contribution in [0.3, 0.4) is 0 Å². The van der Waals surface area contributed by atoms with Crippen molar-refractivity contribution in [2.45, 2.75) is 51.0 Å². The normalized spacial score (nSPS) is 14.4. The first-order valence-electron chi connectivity index (χ1n) is 10.5. The summed E-state index contributed by atoms with van der Waals surface area (Å²) in [6.07, 6.45) is 3.35. The van der Waals surface area contributed by atoms with Crippen molar-refractivity contribution in [3.05, 3.63) is 63.8 Å². The number of carbonyl (C=O) groups excluding carboxylic acids is 2. The molecule has 0 bridgehead atoms. The molecule has 1 saturated carbocycles. The minimum absolute atomic E-state index is 0.0755. The second kappa shape index (κ2) is 8.82. The predicted molar refractivity (Wildman–Crippen MR) is 117 cm³/mol. The van der Waals surface area contributed by atoms with Crippen molar-refractivity contribution in [2.24, 2.45) is 0 Å². The molecule has 0 N–H and O–H groups in total. The highest BCUT2D eigenvalue weighted by molar-refractivity contribution is 7.84. The number of carbonyl (C=O) groups is 2. The van der Waals surface area contributed by atoms with Crippen LogP contribution in [0.1, 0.15) is 74.8 Å². The molecule has 0 aliphatic heterocycles. The number of hydrogen-bond donors (Lipinski definition) is 0. The Balaban J connectivity index is 1.82. The summed E-state index contributed by atoms with van der Waals surface area (Å²) < 4.78 is 24.4. The molecule has 1 aliphatic carbocycles. The molecule has 3 aromatic rings. The highest BCUT2D eigenvalue weighted by atomic mass is 32.2. The molecule has 0 spiro atoms. The van der Waals surface area contributed by atoms with Crippen LogP contribution < -0.4 is 0 Å². The molecule has 8 nitrogen and oxygen atoms in total. The van der Waals surface area contributed by atoms with Gasteiger partial charge in [0.25, 0.3) is 0 Å². The molecule has 32 heavy (non-hydrogen) atoms. The standard InChI is InChI=1S/C23H25N3O5S/c1-5-30-23(28)20-19(22(31-25-20)15-6-7-15)21(27)18-9-8-17(32(4)29)11-16(18)12-26-14(3)10-13(2)24-26/h8-11,15H,5-7,12H2,1-4H3. The summed E-state index contributed by atoms with van der Waals surface area (Å²) in [5, 5.41) is 8.38. The summed E-state index contributed by atoms with van der Waals surface area (Å²) in [6, 6.07) is 7.03. The van der Waals surface area contributed by atoms with Crippen LogP contribution in [0.5, 0.6) is 0 Å². The van der Waals surface area contributed by atoms with Crippen molar-refractivity contribution in [2.75, 3.05) is 12.9 Å². The van der Waals surface area contributed by atoms with Gasteiger partial charge in [-0.25, -0.2) is 4.79 Å². The topological polar surface area (TPSA) is 104 Å². The van der Waals surface area contributed by atoms with E-state index in [2.05, 4.69) is 10.3 Å². The summed E-state index contributed by atoms with van der Waals surface area (Å²) in [4.78, 5) is 26.8. The molecule has 1 atom stereocenters. The van der Waals surface area contributed by atoms with Crippen LogP contribution in [-0.4, -0.2) is 43.8 Å². The Morgan fingerprint density at radius 2 is 2.00 bits per heavy atom. The lowest BCUT2D eigenvalue weighted by Gasteiger charge is -2.12. The third-order valence-electron chi connectivity index (χ3n) is 5.44. The fourth-order valence-electron chi connectivity index (χ4n) is 3.72. The lowest BCUT2D eigenvalue weighted by molar-refractivity contribution is 0.0512. The maximum absolute atomic E-state index is 13.8. The van der Waals surface area contributed by atoms with Gasteiger partial charge in [0.15, 0.2) is 11.5 Å². The Kier molecular flexibility index (Phi) is 6.10. The molecule has 9 heteroatoms. The smallest absolute Gasteiger partial charge is 0.361 e. The van der Waals surface area contributed by atoms with E-state index in [-0.39, 0.29) is 29.6 Å². The number of esters is 1. The van der Waals surface area contributed by atoms with Gasteiger partial charge in [0, 0.05) is 39.1 Å². The molecule has 0 radical (unpaired) electrons. The van der Waals surface area contributed by atoms with Crippen molar-refractivity contribution in [3.63, 3.8) is 0 Å². The zero-order valence-corrected chi connectivity index (χ0v) is 19.3. The van der Waals surface area contributed by atoms with Crippen molar-refractivity contribution in [1.29, 1.82) is 0 Å². The number of ether oxygens (including phenoxy) is 1. The van der Waals surface area contributed by atoms with Crippen LogP contribution >= 0.6 is 0 Å². The van der Waals surface area contributed by atoms with Crippen LogP contribution in [-0.2, 0) is 22.1 Å². The van der Waals surface area contributed by atoms with E-state index in [1.54, 1.807) is 36.1 Å². The summed E-state index contributed by atoms with van der Waals surface area (Å²) in [5.74, 6) is -0.538. The zero-order chi connectivity index (χ0) is 23.0. The van der Waals surface area contributed by atoms with Crippen LogP contribution in [0.4, 0.5) is 0 Å². The minimum Gasteiger partial charge on any atom is -0.461 e. The molecule has 168 valence electrons. The van der Waals surface area contributed by atoms with E-state index in [4.69, 9.17) is 9.26 Å². The lowest BCUT2D eigenvalue weighted by atomic mass is 9.95. The number of rotatable bonds is 8. The number of benzene rings is 1. The van der Waals surface area contributed by atoms with E-state index < -0.39 is 16.8 Å². The molecule has 1 aliphatic rings. The van der Waals surface area contributed by atoms with E-state index >= 15 is 0 Å². The molecule has 1 unspecified atom stereocenters. The van der Waals surface area contributed by atoms with Gasteiger partial charge in [-0.15, -0.1) is 0 Å². The molecule has 2 aromatic heterocycles. The van der Waals surface area contributed by atoms with E-state index in [0.717, 1.165) is 24.2 Å². The second-order valence-electron chi connectivity index (χ2n) is 7.95. The maximum atomic E-state index is 13.8. The molecule has 1 fully saturated rings. The summed E-state index contributed by atoms with van der Waals surface area (Å²) in [6.45, 7) is 6.02. The molecule has 1 aromatic carbocycles. The molecule has 0 saturated heterocycles. The maximum Gasteiger partial charge on any atom is 0.361 e. The molecular weight excluding hydrogens is 430 g/mol. The van der Waals surface area contributed by atoms with Crippen molar-refractivity contribution >= 4 is 22.6 Å². The van der Waals surface area contributed by atoms with E-state index in [9.17, 15) is 13.8 Å². The number of hydrogen-bond acceptors (Lipinski definition) is 7. The van der Waals surface area contributed by atoms with Gasteiger partial charge in [-0.05, 0) is 63.4 Å². The third-order valence-corrected chi connectivity index (χ3v) is 6.36. The Morgan fingerprint density at radius 1 is 1.25 bits per heavy atom. The minimum atomic E-state index is -1.22. The summed E-state index contributed by atoms with van der Waals surface area (Å²) in [5.41, 5.74) is 2.92. The molecule has 0 amide bonds. The van der Waals surface area contributed by atoms with Gasteiger partial charge in [0.05, 0.1) is 18.8 Å². The highest BCUT2D eigenvalue weighted by Crippen LogP contribution is 2.43. The van der Waals surface area contributed by atoms with Crippen LogP contribution in [0.2, 0.25) is 0 Å². The van der Waals surface area contributed by atoms with Gasteiger partial charge in [0.2, 0.25) is 5.69 Å². The first kappa shape index (κ1) is 22.1. The predicted octanol–water partition coefficient (Wildman–Crippen LogP) is 3.56. The fraction of sp³-hybridized carbons (Fsp3) is 0.391. The van der Waals surface area contributed by atoms with Gasteiger partial charge in [-0.1, -0.05) is 5.16 Å². The zero-order valence-electron chi connectivity index (χ0n) is 18.5. The van der Waals surface area contributed by atoms with Crippen LogP contribution in [0, 0.1) is 13.8 Å². The van der Waals surface area contributed by atoms with Gasteiger partial charge in [0.1, 0.15) is 5.56 Å². The average molecular weight is 456 g/mol. The number of nitrogens with zero attached hydrogens (tertiary/aromatic N) is 3. The first-order chi connectivity index (χ1) is 15.3. The lowest BCUT2D eigenvalue weighted by Crippen LogP contribution is -2.16. The fourth-order valence-corrected chi connectivity index (χ4v) is 4.29. The van der Waals surface area contributed by atoms with Gasteiger partial charge in [-0.3, -0.25) is 13.7 Å². The Labute approximate surface area is 188 Å². The van der Waals surface area contributed by atoms with E-state index in [1.807, 2.05) is 19.9 Å². The first-order valence-corrected chi connectivity index (χ1v) is 12.0. The number of ketones is 1. The average Bonchev–Trinajstić information content (AvgIpc) is 3.41. The number of aromatic nitrogens is 3. The van der Waals surface area contributed by atoms with E-state index in [1.165, 1.54) is 0 Å². The molecule has 2 heterocycles. The van der Waals surface area contributed by atoms with Crippen molar-refractivity contribution < 1.29 is 23.1 Å². The Hall–Kier alpha value is -3.07. The van der Waals surface area contributed by atoms with Crippen LogP contribution in [0.25, 0.3) is 0 Å². The molecule has 4 rings (SSSR count). The van der Waals surface area contributed by atoms with Crippen molar-refractivity contribution in [1.82, 2.24) is 14.9 Å². The number of aryl methyl sites for hydroxylation is 2. The Morgan fingerprint density at radius 3 is 2.59 bits per heavy atom. The Bertz CT molecular complexity index is 1220. The molecular formula is C23H25N3O5S. The quantitative estimate of drug-likeness (QED) is 0.378. The van der Waals surface area contributed by atoms with Gasteiger partial charge in [-0.2, -0.15) is 5.10 Å². The summed E-state index contributed by atoms with van der Waals surface area (Å²) in [7, 11) is -1.22.